The number of nitrogens with two attached hydrogens (primary N) is 1. The molecule has 0 radical (unpaired) electrons. The minimum absolute atomic E-state index is 0.283. The monoisotopic (exact) mass is 294 g/mol. The first-order chi connectivity index (χ1) is 10.7. The smallest absolute Gasteiger partial charge is 0.117 e. The molecule has 2 aromatic carbocycles. The third-order valence-corrected chi connectivity index (χ3v) is 3.96. The summed E-state index contributed by atoms with van der Waals surface area (Å²) in [6, 6.07) is 15.0. The summed E-state index contributed by atoms with van der Waals surface area (Å²) in [5.74, 6) is 0.283. The number of hydrogen-bond donors (Lipinski definition) is 2. The Morgan fingerprint density at radius 1 is 1.00 bits per heavy atom. The lowest BCUT2D eigenvalue weighted by molar-refractivity contribution is 0.475. The molecule has 112 valence electrons. The molecule has 0 aliphatic carbocycles. The standard InChI is InChI=1S/C17H18N4O/c18-12-13-10-14(19)4-5-17(13)21-8-6-20(7-9-21)15-2-1-3-16(22)11-15/h1-5,10-11,22H,6-9,19H2. The van der Waals surface area contributed by atoms with E-state index < -0.39 is 0 Å². The number of rotatable bonds is 2. The van der Waals surface area contributed by atoms with Gasteiger partial charge in [0.15, 0.2) is 0 Å². The number of nitriles is 1. The molecular formula is C17H18N4O. The Morgan fingerprint density at radius 3 is 2.41 bits per heavy atom. The molecule has 0 aromatic heterocycles. The molecule has 0 atom stereocenters. The van der Waals surface area contributed by atoms with Crippen molar-refractivity contribution in [3.05, 3.63) is 48.0 Å². The molecule has 1 aliphatic rings. The Labute approximate surface area is 129 Å². The molecule has 1 aliphatic heterocycles. The third-order valence-electron chi connectivity index (χ3n) is 3.96. The molecule has 1 fully saturated rings. The van der Waals surface area contributed by atoms with Crippen molar-refractivity contribution in [3.63, 3.8) is 0 Å². The van der Waals surface area contributed by atoms with E-state index in [2.05, 4.69) is 15.9 Å². The molecule has 0 bridgehead atoms. The van der Waals surface area contributed by atoms with E-state index in [1.165, 1.54) is 0 Å². The van der Waals surface area contributed by atoms with Crippen LogP contribution in [0.4, 0.5) is 17.1 Å². The lowest BCUT2D eigenvalue weighted by Crippen LogP contribution is -2.46. The average molecular weight is 294 g/mol. The van der Waals surface area contributed by atoms with E-state index in [0.717, 1.165) is 37.6 Å². The molecule has 0 saturated carbocycles. The van der Waals surface area contributed by atoms with Gasteiger partial charge in [-0.3, -0.25) is 0 Å². The van der Waals surface area contributed by atoms with Crippen LogP contribution in [0.15, 0.2) is 42.5 Å². The maximum absolute atomic E-state index is 9.58. The highest BCUT2D eigenvalue weighted by Crippen LogP contribution is 2.26. The highest BCUT2D eigenvalue weighted by Gasteiger charge is 2.19. The first-order valence-electron chi connectivity index (χ1n) is 7.26. The summed E-state index contributed by atoms with van der Waals surface area (Å²) < 4.78 is 0. The maximum Gasteiger partial charge on any atom is 0.117 e. The predicted molar refractivity (Wildman–Crippen MR) is 88.1 cm³/mol. The molecule has 3 rings (SSSR count). The first-order valence-corrected chi connectivity index (χ1v) is 7.26. The Balaban J connectivity index is 1.73. The van der Waals surface area contributed by atoms with Gasteiger partial charge in [-0.05, 0) is 30.3 Å². The predicted octanol–water partition coefficient (Wildman–Crippen LogP) is 2.17. The molecule has 0 spiro atoms. The van der Waals surface area contributed by atoms with Crippen LogP contribution in [0.5, 0.6) is 5.75 Å². The van der Waals surface area contributed by atoms with Crippen LogP contribution in [0.3, 0.4) is 0 Å². The summed E-state index contributed by atoms with van der Waals surface area (Å²) in [6.45, 7) is 3.35. The van der Waals surface area contributed by atoms with Crippen molar-refractivity contribution in [2.24, 2.45) is 0 Å². The zero-order valence-electron chi connectivity index (χ0n) is 12.2. The van der Waals surface area contributed by atoms with Gasteiger partial charge in [-0.15, -0.1) is 0 Å². The van der Waals surface area contributed by atoms with Crippen molar-refractivity contribution >= 4 is 17.1 Å². The number of piperazine rings is 1. The van der Waals surface area contributed by atoms with Gasteiger partial charge >= 0.3 is 0 Å². The second-order valence-corrected chi connectivity index (χ2v) is 5.38. The minimum Gasteiger partial charge on any atom is -0.508 e. The summed E-state index contributed by atoms with van der Waals surface area (Å²) in [6.07, 6.45) is 0. The van der Waals surface area contributed by atoms with E-state index >= 15 is 0 Å². The molecule has 1 saturated heterocycles. The van der Waals surface area contributed by atoms with Crippen molar-refractivity contribution in [1.29, 1.82) is 5.26 Å². The van der Waals surface area contributed by atoms with E-state index in [4.69, 9.17) is 5.73 Å². The van der Waals surface area contributed by atoms with Crippen molar-refractivity contribution in [1.82, 2.24) is 0 Å². The molecule has 5 nitrogen and oxygen atoms in total. The second-order valence-electron chi connectivity index (χ2n) is 5.38. The van der Waals surface area contributed by atoms with Crippen LogP contribution in [-0.2, 0) is 0 Å². The maximum atomic E-state index is 9.58. The number of phenolic OH excluding ortho intramolecular Hbond substituents is 1. The van der Waals surface area contributed by atoms with E-state index in [0.29, 0.717) is 11.3 Å². The first kappa shape index (κ1) is 14.1. The van der Waals surface area contributed by atoms with Gasteiger partial charge in [-0.25, -0.2) is 0 Å². The number of hydrogen-bond acceptors (Lipinski definition) is 5. The van der Waals surface area contributed by atoms with Gasteiger partial charge in [-0.2, -0.15) is 5.26 Å². The Hall–Kier alpha value is -2.87. The third kappa shape index (κ3) is 2.77. The van der Waals surface area contributed by atoms with Crippen molar-refractivity contribution < 1.29 is 5.11 Å². The fourth-order valence-electron chi connectivity index (χ4n) is 2.81. The van der Waals surface area contributed by atoms with Crippen LogP contribution < -0.4 is 15.5 Å². The fourth-order valence-corrected chi connectivity index (χ4v) is 2.81. The van der Waals surface area contributed by atoms with Crippen LogP contribution >= 0.6 is 0 Å². The second kappa shape index (κ2) is 5.86. The molecule has 22 heavy (non-hydrogen) atoms. The summed E-state index contributed by atoms with van der Waals surface area (Å²) in [7, 11) is 0. The van der Waals surface area contributed by atoms with Gasteiger partial charge in [0, 0.05) is 43.6 Å². The summed E-state index contributed by atoms with van der Waals surface area (Å²) >= 11 is 0. The average Bonchev–Trinajstić information content (AvgIpc) is 2.55. The number of nitrogen functional groups attached to an aromatic ring is 1. The van der Waals surface area contributed by atoms with Gasteiger partial charge in [0.1, 0.15) is 11.8 Å². The van der Waals surface area contributed by atoms with E-state index in [-0.39, 0.29) is 5.75 Å². The quantitative estimate of drug-likeness (QED) is 0.830. The molecule has 5 heteroatoms. The number of anilines is 3. The normalized spacial score (nSPS) is 14.7. The van der Waals surface area contributed by atoms with Gasteiger partial charge in [0.25, 0.3) is 0 Å². The highest BCUT2D eigenvalue weighted by molar-refractivity contribution is 5.65. The molecular weight excluding hydrogens is 276 g/mol. The van der Waals surface area contributed by atoms with Crippen LogP contribution in [0.25, 0.3) is 0 Å². The van der Waals surface area contributed by atoms with Gasteiger partial charge in [0.05, 0.1) is 11.3 Å². The molecule has 1 heterocycles. The number of nitrogens with zero attached hydrogens (tertiary/aromatic N) is 3. The van der Waals surface area contributed by atoms with Crippen LogP contribution in [0.2, 0.25) is 0 Å². The van der Waals surface area contributed by atoms with Crippen LogP contribution in [0, 0.1) is 11.3 Å². The largest absolute Gasteiger partial charge is 0.508 e. The Bertz CT molecular complexity index is 715. The number of phenols is 1. The Morgan fingerprint density at radius 2 is 1.73 bits per heavy atom. The fraction of sp³-hybridized carbons (Fsp3) is 0.235. The van der Waals surface area contributed by atoms with Crippen molar-refractivity contribution in [3.8, 4) is 11.8 Å². The van der Waals surface area contributed by atoms with Gasteiger partial charge in [0.2, 0.25) is 0 Å². The highest BCUT2D eigenvalue weighted by atomic mass is 16.3. The molecule has 0 amide bonds. The zero-order chi connectivity index (χ0) is 15.5. The van der Waals surface area contributed by atoms with Crippen molar-refractivity contribution in [2.75, 3.05) is 41.7 Å². The SMILES string of the molecule is N#Cc1cc(N)ccc1N1CCN(c2cccc(O)c2)CC1. The summed E-state index contributed by atoms with van der Waals surface area (Å²) in [5.41, 5.74) is 8.93. The molecule has 3 N–H and O–H groups in total. The minimum atomic E-state index is 0.283. The van der Waals surface area contributed by atoms with Crippen LogP contribution in [0.1, 0.15) is 5.56 Å². The summed E-state index contributed by atoms with van der Waals surface area (Å²) in [4.78, 5) is 4.44. The number of aromatic hydroxyl groups is 1. The summed E-state index contributed by atoms with van der Waals surface area (Å²) in [5, 5.41) is 18.8. The number of benzene rings is 2. The van der Waals surface area contributed by atoms with E-state index in [1.54, 1.807) is 18.2 Å². The van der Waals surface area contributed by atoms with Crippen molar-refractivity contribution in [2.45, 2.75) is 0 Å². The molecule has 2 aromatic rings. The van der Waals surface area contributed by atoms with E-state index in [1.807, 2.05) is 24.3 Å². The molecule has 0 unspecified atom stereocenters. The van der Waals surface area contributed by atoms with Gasteiger partial charge in [-0.1, -0.05) is 6.07 Å². The van der Waals surface area contributed by atoms with Gasteiger partial charge < -0.3 is 20.6 Å². The lowest BCUT2D eigenvalue weighted by Gasteiger charge is -2.37. The Kier molecular flexibility index (Phi) is 3.75. The van der Waals surface area contributed by atoms with E-state index in [9.17, 15) is 10.4 Å². The lowest BCUT2D eigenvalue weighted by atomic mass is 10.1. The topological polar surface area (TPSA) is 76.5 Å². The van der Waals surface area contributed by atoms with Crippen LogP contribution in [-0.4, -0.2) is 31.3 Å². The zero-order valence-corrected chi connectivity index (χ0v) is 12.2.